The summed E-state index contributed by atoms with van der Waals surface area (Å²) in [5, 5.41) is 30.1. The van der Waals surface area contributed by atoms with Gasteiger partial charge in [0, 0.05) is 19.3 Å². The predicted octanol–water partition coefficient (Wildman–Crippen LogP) is -0.266. The average Bonchev–Trinajstić information content (AvgIpc) is 3.47. The highest BCUT2D eigenvalue weighted by atomic mass is 16.4. The number of carboxylic acid groups (broad SMARTS) is 1. The first-order chi connectivity index (χ1) is 19.1. The van der Waals surface area contributed by atoms with Crippen LogP contribution < -0.4 is 27.0 Å². The van der Waals surface area contributed by atoms with Crippen molar-refractivity contribution in [2.24, 2.45) is 5.73 Å². The molecular formula is C28H35N5O7. The number of carboxylic acids is 1. The van der Waals surface area contributed by atoms with E-state index in [-0.39, 0.29) is 37.3 Å². The molecule has 4 amide bonds. The van der Waals surface area contributed by atoms with E-state index in [9.17, 15) is 34.2 Å². The highest BCUT2D eigenvalue weighted by Crippen LogP contribution is 2.13. The number of hydrogen-bond acceptors (Lipinski definition) is 7. The predicted molar refractivity (Wildman–Crippen MR) is 145 cm³/mol. The summed E-state index contributed by atoms with van der Waals surface area (Å²) in [4.78, 5) is 62.8. The molecule has 0 saturated carbocycles. The third-order valence-electron chi connectivity index (χ3n) is 6.60. The minimum Gasteiger partial charge on any atom is -0.508 e. The molecule has 2 aromatic rings. The van der Waals surface area contributed by atoms with E-state index in [2.05, 4.69) is 21.3 Å². The third kappa shape index (κ3) is 9.38. The molecule has 1 aliphatic rings. The number of carbonyl (C=O) groups excluding carboxylic acids is 4. The van der Waals surface area contributed by atoms with Crippen LogP contribution in [0.2, 0.25) is 0 Å². The Labute approximate surface area is 231 Å². The number of phenolic OH excluding ortho intramolecular Hbond substituents is 1. The first-order valence-corrected chi connectivity index (χ1v) is 13.1. The van der Waals surface area contributed by atoms with Crippen molar-refractivity contribution in [2.45, 2.75) is 62.7 Å². The van der Waals surface area contributed by atoms with Gasteiger partial charge in [-0.3, -0.25) is 19.2 Å². The van der Waals surface area contributed by atoms with Gasteiger partial charge in [0.1, 0.15) is 23.9 Å². The molecule has 0 spiro atoms. The molecule has 0 aliphatic carbocycles. The van der Waals surface area contributed by atoms with Crippen molar-refractivity contribution in [1.82, 2.24) is 21.3 Å². The highest BCUT2D eigenvalue weighted by molar-refractivity contribution is 5.94. The van der Waals surface area contributed by atoms with Gasteiger partial charge in [-0.05, 0) is 49.1 Å². The van der Waals surface area contributed by atoms with Crippen LogP contribution in [0.3, 0.4) is 0 Å². The van der Waals surface area contributed by atoms with Crippen molar-refractivity contribution in [3.63, 3.8) is 0 Å². The fourth-order valence-electron chi connectivity index (χ4n) is 4.41. The zero-order valence-corrected chi connectivity index (χ0v) is 22.0. The van der Waals surface area contributed by atoms with Gasteiger partial charge in [-0.1, -0.05) is 42.5 Å². The molecule has 0 radical (unpaired) electrons. The third-order valence-corrected chi connectivity index (χ3v) is 6.60. The quantitative estimate of drug-likeness (QED) is 0.166. The van der Waals surface area contributed by atoms with Gasteiger partial charge in [0.15, 0.2) is 0 Å². The van der Waals surface area contributed by atoms with Gasteiger partial charge < -0.3 is 37.2 Å². The van der Waals surface area contributed by atoms with Crippen molar-refractivity contribution < 1.29 is 34.2 Å². The van der Waals surface area contributed by atoms with Gasteiger partial charge in [0.25, 0.3) is 0 Å². The summed E-state index contributed by atoms with van der Waals surface area (Å²) in [5.74, 6) is -3.80. The van der Waals surface area contributed by atoms with E-state index in [1.807, 2.05) is 0 Å². The summed E-state index contributed by atoms with van der Waals surface area (Å²) in [6, 6.07) is 10.7. The molecule has 8 N–H and O–H groups in total. The smallest absolute Gasteiger partial charge is 0.326 e. The number of rotatable bonds is 14. The van der Waals surface area contributed by atoms with Crippen LogP contribution >= 0.6 is 0 Å². The Morgan fingerprint density at radius 2 is 1.45 bits per heavy atom. The van der Waals surface area contributed by atoms with E-state index in [1.54, 1.807) is 42.5 Å². The van der Waals surface area contributed by atoms with Crippen LogP contribution in [0.4, 0.5) is 0 Å². The van der Waals surface area contributed by atoms with Crippen LogP contribution in [0.15, 0.2) is 54.6 Å². The minimum atomic E-state index is -1.29. The molecule has 0 aromatic heterocycles. The van der Waals surface area contributed by atoms with Crippen LogP contribution in [0.5, 0.6) is 5.75 Å². The monoisotopic (exact) mass is 553 g/mol. The van der Waals surface area contributed by atoms with Gasteiger partial charge in [0.05, 0.1) is 6.04 Å². The second-order valence-electron chi connectivity index (χ2n) is 9.74. The lowest BCUT2D eigenvalue weighted by Crippen LogP contribution is -2.57. The fourth-order valence-corrected chi connectivity index (χ4v) is 4.41. The molecule has 12 heteroatoms. The molecule has 1 aliphatic heterocycles. The molecule has 3 rings (SSSR count). The lowest BCUT2D eigenvalue weighted by molar-refractivity contribution is -0.142. The number of aromatic hydroxyl groups is 1. The lowest BCUT2D eigenvalue weighted by Gasteiger charge is -2.25. The first-order valence-electron chi connectivity index (χ1n) is 13.1. The van der Waals surface area contributed by atoms with Crippen molar-refractivity contribution in [1.29, 1.82) is 0 Å². The molecule has 2 aromatic carbocycles. The van der Waals surface area contributed by atoms with E-state index in [0.29, 0.717) is 24.1 Å². The molecule has 4 unspecified atom stereocenters. The molecule has 1 fully saturated rings. The number of amides is 4. The number of phenols is 1. The Hall–Kier alpha value is -4.45. The Morgan fingerprint density at radius 3 is 2.05 bits per heavy atom. The van der Waals surface area contributed by atoms with E-state index < -0.39 is 47.9 Å². The zero-order valence-electron chi connectivity index (χ0n) is 22.0. The summed E-state index contributed by atoms with van der Waals surface area (Å²) in [5.41, 5.74) is 6.60. The van der Waals surface area contributed by atoms with Crippen LogP contribution in [-0.4, -0.2) is 70.5 Å². The molecule has 40 heavy (non-hydrogen) atoms. The summed E-state index contributed by atoms with van der Waals surface area (Å²) < 4.78 is 0. The van der Waals surface area contributed by atoms with Gasteiger partial charge in [-0.25, -0.2) is 4.79 Å². The maximum absolute atomic E-state index is 13.4. The van der Waals surface area contributed by atoms with Gasteiger partial charge in [-0.15, -0.1) is 0 Å². The molecular weight excluding hydrogens is 518 g/mol. The second kappa shape index (κ2) is 14.6. The Balaban J connectivity index is 1.77. The van der Waals surface area contributed by atoms with Crippen LogP contribution in [-0.2, 0) is 36.8 Å². The number of benzene rings is 2. The fraction of sp³-hybridized carbons (Fsp3) is 0.393. The summed E-state index contributed by atoms with van der Waals surface area (Å²) in [6.07, 6.45) is 1.08. The van der Waals surface area contributed by atoms with E-state index in [4.69, 9.17) is 5.73 Å². The molecule has 1 heterocycles. The minimum absolute atomic E-state index is 0.00627. The number of primary amides is 1. The standard InChI is InChI=1S/C28H35N5O7/c29-24(35)13-12-21(26(37)33-23(28(39)40)16-17-5-2-1-3-6-17)31-27(38)22(15-18-8-10-19(34)11-9-18)32-25(36)20-7-4-14-30-20/h1-3,5-6,8-11,20-23,30,34H,4,7,12-16H2,(H2,29,35)(H,31,38)(H,32,36)(H,33,37)(H,39,40). The average molecular weight is 554 g/mol. The summed E-state index contributed by atoms with van der Waals surface area (Å²) in [6.45, 7) is 0.677. The van der Waals surface area contributed by atoms with Gasteiger partial charge >= 0.3 is 5.97 Å². The lowest BCUT2D eigenvalue weighted by atomic mass is 10.0. The van der Waals surface area contributed by atoms with Crippen LogP contribution in [0.25, 0.3) is 0 Å². The number of nitrogens with one attached hydrogen (secondary N) is 4. The Morgan fingerprint density at radius 1 is 0.850 bits per heavy atom. The number of aliphatic carboxylic acids is 1. The maximum Gasteiger partial charge on any atom is 0.326 e. The Bertz CT molecular complexity index is 1180. The molecule has 1 saturated heterocycles. The number of hydrogen-bond donors (Lipinski definition) is 7. The maximum atomic E-state index is 13.4. The van der Waals surface area contributed by atoms with Crippen molar-refractivity contribution in [3.8, 4) is 5.75 Å². The SMILES string of the molecule is NC(=O)CCC(NC(=O)C(Cc1ccc(O)cc1)NC(=O)C1CCCN1)C(=O)NC(Cc1ccccc1)C(=O)O. The topological polar surface area (TPSA) is 200 Å². The van der Waals surface area contributed by atoms with Crippen LogP contribution in [0.1, 0.15) is 36.8 Å². The Kier molecular flexibility index (Phi) is 11.0. The summed E-state index contributed by atoms with van der Waals surface area (Å²) in [7, 11) is 0. The molecule has 214 valence electrons. The number of carbonyl (C=O) groups is 5. The molecule has 0 bridgehead atoms. The van der Waals surface area contributed by atoms with E-state index in [1.165, 1.54) is 12.1 Å². The van der Waals surface area contributed by atoms with Crippen molar-refractivity contribution in [3.05, 3.63) is 65.7 Å². The zero-order chi connectivity index (χ0) is 29.1. The van der Waals surface area contributed by atoms with Crippen LogP contribution in [0, 0.1) is 0 Å². The van der Waals surface area contributed by atoms with Gasteiger partial charge in [0.2, 0.25) is 23.6 Å². The van der Waals surface area contributed by atoms with Gasteiger partial charge in [-0.2, -0.15) is 0 Å². The molecule has 4 atom stereocenters. The first kappa shape index (κ1) is 30.1. The number of nitrogens with two attached hydrogens (primary N) is 1. The highest BCUT2D eigenvalue weighted by Gasteiger charge is 2.32. The summed E-state index contributed by atoms with van der Waals surface area (Å²) >= 11 is 0. The second-order valence-corrected chi connectivity index (χ2v) is 9.74. The van der Waals surface area contributed by atoms with E-state index in [0.717, 1.165) is 6.42 Å². The van der Waals surface area contributed by atoms with Crippen molar-refractivity contribution >= 4 is 29.6 Å². The largest absolute Gasteiger partial charge is 0.508 e. The van der Waals surface area contributed by atoms with E-state index >= 15 is 0 Å². The van der Waals surface area contributed by atoms with Crippen molar-refractivity contribution in [2.75, 3.05) is 6.54 Å². The molecule has 12 nitrogen and oxygen atoms in total. The normalized spacial score (nSPS) is 16.8.